The van der Waals surface area contributed by atoms with Gasteiger partial charge in [-0.3, -0.25) is 9.89 Å². The van der Waals surface area contributed by atoms with E-state index in [1.54, 1.807) is 11.8 Å². The lowest BCUT2D eigenvalue weighted by Gasteiger charge is -2.29. The van der Waals surface area contributed by atoms with Gasteiger partial charge < -0.3 is 15.0 Å². The largest absolute Gasteiger partial charge is 0.378 e. The molecule has 0 radical (unpaired) electrons. The van der Waals surface area contributed by atoms with Gasteiger partial charge in [-0.05, 0) is 6.07 Å². The zero-order valence-electron chi connectivity index (χ0n) is 16.1. The number of hydrogen-bond donors (Lipinski definition) is 2. The van der Waals surface area contributed by atoms with E-state index in [2.05, 4.69) is 20.4 Å². The van der Waals surface area contributed by atoms with Gasteiger partial charge >= 0.3 is 0 Å². The molecule has 0 bridgehead atoms. The topological polar surface area (TPSA) is 96.0 Å². The van der Waals surface area contributed by atoms with Crippen molar-refractivity contribution in [3.63, 3.8) is 0 Å². The van der Waals surface area contributed by atoms with Gasteiger partial charge in [0, 0.05) is 36.9 Å². The van der Waals surface area contributed by atoms with Gasteiger partial charge in [0.15, 0.2) is 5.82 Å². The zero-order chi connectivity index (χ0) is 19.8. The lowest BCUT2D eigenvalue weighted by atomic mass is 10.1. The van der Waals surface area contributed by atoms with Gasteiger partial charge in [0.25, 0.3) is 0 Å². The number of benzene rings is 1. The first-order valence-electron chi connectivity index (χ1n) is 9.85. The number of fused-ring (bicyclic) bond motifs is 2. The summed E-state index contributed by atoms with van der Waals surface area (Å²) in [5.74, 6) is 1.69. The number of nitrogens with zero attached hydrogens (tertiary/aromatic N) is 4. The Balaban J connectivity index is 1.59. The van der Waals surface area contributed by atoms with E-state index in [4.69, 9.17) is 14.7 Å². The molecule has 5 rings (SSSR count). The number of ether oxygens (including phenoxy) is 1. The summed E-state index contributed by atoms with van der Waals surface area (Å²) >= 11 is 1.65. The number of amides is 1. The number of thioether (sulfide) groups is 1. The molecule has 0 spiro atoms. The van der Waals surface area contributed by atoms with Crippen LogP contribution < -0.4 is 10.2 Å². The number of hydrogen-bond acceptors (Lipinski definition) is 7. The zero-order valence-corrected chi connectivity index (χ0v) is 17.0. The molecule has 1 atom stereocenters. The first kappa shape index (κ1) is 18.4. The molecular formula is C20H22N6O2S. The van der Waals surface area contributed by atoms with E-state index in [0.29, 0.717) is 31.9 Å². The summed E-state index contributed by atoms with van der Waals surface area (Å²) in [6.07, 6.45) is 2.98. The number of anilines is 1. The van der Waals surface area contributed by atoms with Gasteiger partial charge in [0.1, 0.15) is 5.82 Å². The number of morpholine rings is 1. The minimum Gasteiger partial charge on any atom is -0.378 e. The van der Waals surface area contributed by atoms with Crippen molar-refractivity contribution in [1.82, 2.24) is 25.5 Å². The van der Waals surface area contributed by atoms with E-state index in [1.807, 2.05) is 31.3 Å². The number of rotatable bonds is 4. The van der Waals surface area contributed by atoms with Crippen LogP contribution in [0.1, 0.15) is 19.0 Å². The van der Waals surface area contributed by atoms with Crippen LogP contribution in [-0.2, 0) is 16.0 Å². The third kappa shape index (κ3) is 3.44. The smallest absolute Gasteiger partial charge is 0.220 e. The molecule has 0 saturated carbocycles. The Bertz CT molecular complexity index is 1060. The maximum absolute atomic E-state index is 11.9. The van der Waals surface area contributed by atoms with Crippen molar-refractivity contribution in [3.05, 3.63) is 30.1 Å². The molecule has 2 aromatic heterocycles. The van der Waals surface area contributed by atoms with Crippen LogP contribution in [-0.4, -0.2) is 57.7 Å². The van der Waals surface area contributed by atoms with Crippen LogP contribution >= 0.6 is 11.8 Å². The van der Waals surface area contributed by atoms with Gasteiger partial charge in [-0.15, -0.1) is 0 Å². The van der Waals surface area contributed by atoms with Crippen LogP contribution in [0.2, 0.25) is 0 Å². The minimum absolute atomic E-state index is 0.00786. The Morgan fingerprint density at radius 3 is 3.03 bits per heavy atom. The number of aromatic nitrogens is 4. The van der Waals surface area contributed by atoms with Gasteiger partial charge in [0.05, 0.1) is 40.9 Å². The molecule has 2 aliphatic rings. The average molecular weight is 411 g/mol. The summed E-state index contributed by atoms with van der Waals surface area (Å²) in [4.78, 5) is 25.1. The lowest BCUT2D eigenvalue weighted by molar-refractivity contribution is -0.120. The summed E-state index contributed by atoms with van der Waals surface area (Å²) in [6, 6.07) is 6.01. The molecule has 4 heterocycles. The average Bonchev–Trinajstić information content (AvgIpc) is 3.39. The van der Waals surface area contributed by atoms with E-state index in [-0.39, 0.29) is 11.3 Å². The first-order chi connectivity index (χ1) is 14.2. The van der Waals surface area contributed by atoms with Crippen molar-refractivity contribution >= 4 is 34.4 Å². The molecule has 1 saturated heterocycles. The van der Waals surface area contributed by atoms with Crippen LogP contribution in [0, 0.1) is 0 Å². The van der Waals surface area contributed by atoms with Crippen molar-refractivity contribution in [2.75, 3.05) is 31.2 Å². The number of H-pyrrole nitrogens is 1. The summed E-state index contributed by atoms with van der Waals surface area (Å²) in [5, 5.41) is 11.3. The Labute approximate surface area is 172 Å². The van der Waals surface area contributed by atoms with Crippen LogP contribution in [0.5, 0.6) is 0 Å². The highest BCUT2D eigenvalue weighted by Crippen LogP contribution is 2.42. The maximum Gasteiger partial charge on any atom is 0.220 e. The fraction of sp³-hybridized carbons (Fsp3) is 0.400. The Kier molecular flexibility index (Phi) is 4.84. The first-order valence-corrected chi connectivity index (χ1v) is 10.7. The highest BCUT2D eigenvalue weighted by molar-refractivity contribution is 8.00. The Morgan fingerprint density at radius 2 is 2.21 bits per heavy atom. The third-order valence-electron chi connectivity index (χ3n) is 5.24. The molecule has 9 heteroatoms. The molecule has 1 fully saturated rings. The van der Waals surface area contributed by atoms with Crippen LogP contribution in [0.15, 0.2) is 29.3 Å². The van der Waals surface area contributed by atoms with E-state index in [1.165, 1.54) is 0 Å². The van der Waals surface area contributed by atoms with Gasteiger partial charge in [-0.1, -0.05) is 30.8 Å². The predicted octanol–water partition coefficient (Wildman–Crippen LogP) is 2.36. The monoisotopic (exact) mass is 410 g/mol. The molecule has 1 amide bonds. The number of nitrogens with one attached hydrogen (secondary N) is 2. The maximum atomic E-state index is 11.9. The van der Waals surface area contributed by atoms with Gasteiger partial charge in [0.2, 0.25) is 5.91 Å². The Morgan fingerprint density at radius 1 is 1.34 bits per heavy atom. The quantitative estimate of drug-likeness (QED) is 0.682. The van der Waals surface area contributed by atoms with E-state index in [0.717, 1.165) is 46.0 Å². The molecule has 1 unspecified atom stereocenters. The second-order valence-corrected chi connectivity index (χ2v) is 8.33. The molecular weight excluding hydrogens is 388 g/mol. The molecule has 1 aromatic carbocycles. The Hall–Kier alpha value is -2.65. The van der Waals surface area contributed by atoms with Crippen molar-refractivity contribution in [3.8, 4) is 11.4 Å². The molecule has 29 heavy (non-hydrogen) atoms. The summed E-state index contributed by atoms with van der Waals surface area (Å²) in [5.41, 5.74) is 2.91. The second kappa shape index (κ2) is 7.64. The fourth-order valence-electron chi connectivity index (χ4n) is 3.74. The van der Waals surface area contributed by atoms with Crippen LogP contribution in [0.4, 0.5) is 5.82 Å². The summed E-state index contributed by atoms with van der Waals surface area (Å²) in [7, 11) is 0. The second-order valence-electron chi connectivity index (χ2n) is 7.11. The molecule has 150 valence electrons. The highest BCUT2D eigenvalue weighted by Gasteiger charge is 2.31. The van der Waals surface area contributed by atoms with E-state index >= 15 is 0 Å². The lowest BCUT2D eigenvalue weighted by Crippen LogP contribution is -2.37. The van der Waals surface area contributed by atoms with E-state index < -0.39 is 0 Å². The van der Waals surface area contributed by atoms with Crippen molar-refractivity contribution in [1.29, 1.82) is 0 Å². The minimum atomic E-state index is -0.00786. The SMILES string of the molecule is CCC(=O)NC1Cc2nc(-c3cccc4[nH]ncc34)nc(N3CCOCC3)c2S1. The van der Waals surface area contributed by atoms with Gasteiger partial charge in [-0.25, -0.2) is 9.97 Å². The fourth-order valence-corrected chi connectivity index (χ4v) is 5.00. The predicted molar refractivity (Wildman–Crippen MR) is 112 cm³/mol. The van der Waals surface area contributed by atoms with Gasteiger partial charge in [-0.2, -0.15) is 5.10 Å². The van der Waals surface area contributed by atoms with E-state index in [9.17, 15) is 4.79 Å². The summed E-state index contributed by atoms with van der Waals surface area (Å²) in [6.45, 7) is 4.83. The normalized spacial score (nSPS) is 18.8. The molecule has 2 N–H and O–H groups in total. The molecule has 0 aliphatic carbocycles. The highest BCUT2D eigenvalue weighted by atomic mass is 32.2. The van der Waals surface area contributed by atoms with Crippen molar-refractivity contribution in [2.45, 2.75) is 30.0 Å². The number of carbonyl (C=O) groups is 1. The molecule has 2 aliphatic heterocycles. The number of carbonyl (C=O) groups excluding carboxylic acids is 1. The van der Waals surface area contributed by atoms with Crippen LogP contribution in [0.3, 0.4) is 0 Å². The van der Waals surface area contributed by atoms with Crippen LogP contribution in [0.25, 0.3) is 22.3 Å². The summed E-state index contributed by atoms with van der Waals surface area (Å²) < 4.78 is 5.53. The molecule has 8 nitrogen and oxygen atoms in total. The number of aromatic amines is 1. The van der Waals surface area contributed by atoms with Crippen molar-refractivity contribution < 1.29 is 9.53 Å². The molecule has 3 aromatic rings. The third-order valence-corrected chi connectivity index (χ3v) is 6.46. The standard InChI is InChI=1S/C20H22N6O2S/c1-2-16(27)23-17-10-15-18(29-17)20(26-6-8-28-9-7-26)24-19(22-15)12-4-3-5-14-13(12)11-21-25-14/h3-5,11,17H,2,6-10H2,1H3,(H,21,25)(H,23,27). The van der Waals surface area contributed by atoms with Crippen molar-refractivity contribution in [2.24, 2.45) is 0 Å².